The summed E-state index contributed by atoms with van der Waals surface area (Å²) in [6.45, 7) is 7.81. The van der Waals surface area contributed by atoms with Gasteiger partial charge in [0.1, 0.15) is 5.60 Å². The fourth-order valence-electron chi connectivity index (χ4n) is 2.13. The van der Waals surface area contributed by atoms with Crippen LogP contribution in [-0.2, 0) is 23.8 Å². The van der Waals surface area contributed by atoms with E-state index in [1.165, 1.54) is 0 Å². The molecule has 8 heteroatoms. The standard InChI is InChI=1S/C15H25NO7/c1-5-21-13(19)11(12(17)18)22-10-6-8-16(9-7-10)14(20)23-15(2,3)4/h10-11H,5-9H2,1-4H3,(H,17,18). The van der Waals surface area contributed by atoms with Crippen molar-refractivity contribution in [2.24, 2.45) is 0 Å². The molecule has 1 saturated heterocycles. The van der Waals surface area contributed by atoms with Gasteiger partial charge < -0.3 is 24.2 Å². The number of piperidine rings is 1. The number of nitrogens with zero attached hydrogens (tertiary/aromatic N) is 1. The lowest BCUT2D eigenvalue weighted by atomic mass is 10.1. The summed E-state index contributed by atoms with van der Waals surface area (Å²) in [5.41, 5.74) is -0.567. The summed E-state index contributed by atoms with van der Waals surface area (Å²) < 4.78 is 15.3. The Morgan fingerprint density at radius 1 is 1.22 bits per heavy atom. The molecule has 0 aliphatic carbocycles. The van der Waals surface area contributed by atoms with Gasteiger partial charge in [0.05, 0.1) is 12.7 Å². The Morgan fingerprint density at radius 3 is 2.22 bits per heavy atom. The van der Waals surface area contributed by atoms with E-state index < -0.39 is 35.8 Å². The number of likely N-dealkylation sites (tertiary alicyclic amines) is 1. The van der Waals surface area contributed by atoms with Crippen LogP contribution in [-0.4, -0.2) is 65.5 Å². The lowest BCUT2D eigenvalue weighted by molar-refractivity contribution is -0.175. The smallest absolute Gasteiger partial charge is 0.410 e. The van der Waals surface area contributed by atoms with Gasteiger partial charge in [-0.2, -0.15) is 0 Å². The minimum absolute atomic E-state index is 0.0864. The van der Waals surface area contributed by atoms with Crippen LogP contribution in [0.1, 0.15) is 40.5 Å². The third-order valence-electron chi connectivity index (χ3n) is 3.15. The molecule has 1 fully saturated rings. The summed E-state index contributed by atoms with van der Waals surface area (Å²) in [6.07, 6.45) is -1.59. The molecular formula is C15H25NO7. The number of aliphatic carboxylic acids is 1. The van der Waals surface area contributed by atoms with E-state index in [0.717, 1.165) is 0 Å². The van der Waals surface area contributed by atoms with Gasteiger partial charge in [-0.25, -0.2) is 14.4 Å². The van der Waals surface area contributed by atoms with Crippen molar-refractivity contribution in [2.75, 3.05) is 19.7 Å². The summed E-state index contributed by atoms with van der Waals surface area (Å²) in [5, 5.41) is 9.06. The number of esters is 1. The van der Waals surface area contributed by atoms with E-state index in [2.05, 4.69) is 0 Å². The fraction of sp³-hybridized carbons (Fsp3) is 0.800. The number of carbonyl (C=O) groups is 3. The molecule has 1 aliphatic rings. The van der Waals surface area contributed by atoms with Gasteiger partial charge in [-0.3, -0.25) is 0 Å². The molecule has 0 bridgehead atoms. The average molecular weight is 331 g/mol. The second kappa shape index (κ2) is 8.14. The first kappa shape index (κ1) is 19.2. The molecule has 1 atom stereocenters. The number of rotatable bonds is 5. The van der Waals surface area contributed by atoms with Crippen molar-refractivity contribution in [1.82, 2.24) is 4.90 Å². The van der Waals surface area contributed by atoms with Crippen LogP contribution in [0.15, 0.2) is 0 Å². The molecule has 1 N–H and O–H groups in total. The zero-order valence-electron chi connectivity index (χ0n) is 14.0. The molecule has 0 spiro atoms. The summed E-state index contributed by atoms with van der Waals surface area (Å²) in [4.78, 5) is 36.2. The molecule has 8 nitrogen and oxygen atoms in total. The first-order chi connectivity index (χ1) is 10.6. The van der Waals surface area contributed by atoms with E-state index in [1.807, 2.05) is 0 Å². The number of hydrogen-bond acceptors (Lipinski definition) is 6. The molecule has 1 heterocycles. The first-order valence-corrected chi connectivity index (χ1v) is 7.67. The van der Waals surface area contributed by atoms with E-state index in [-0.39, 0.29) is 6.61 Å². The minimum atomic E-state index is -1.63. The van der Waals surface area contributed by atoms with Crippen molar-refractivity contribution in [3.63, 3.8) is 0 Å². The van der Waals surface area contributed by atoms with E-state index in [0.29, 0.717) is 25.9 Å². The molecule has 0 saturated carbocycles. The fourth-order valence-corrected chi connectivity index (χ4v) is 2.13. The highest BCUT2D eigenvalue weighted by Gasteiger charge is 2.34. The van der Waals surface area contributed by atoms with Crippen LogP contribution >= 0.6 is 0 Å². The highest BCUT2D eigenvalue weighted by Crippen LogP contribution is 2.19. The lowest BCUT2D eigenvalue weighted by Gasteiger charge is -2.33. The number of carboxylic acid groups (broad SMARTS) is 1. The van der Waals surface area contributed by atoms with Crippen LogP contribution in [0.3, 0.4) is 0 Å². The van der Waals surface area contributed by atoms with Crippen LogP contribution in [0.4, 0.5) is 4.79 Å². The van der Waals surface area contributed by atoms with Crippen LogP contribution < -0.4 is 0 Å². The van der Waals surface area contributed by atoms with Gasteiger partial charge in [0.2, 0.25) is 0 Å². The SMILES string of the molecule is CCOC(=O)C(OC1CCN(C(=O)OC(C)(C)C)CC1)C(=O)O. The maximum Gasteiger partial charge on any atom is 0.410 e. The molecule has 1 rings (SSSR count). The van der Waals surface area contributed by atoms with Crippen molar-refractivity contribution in [2.45, 2.75) is 58.3 Å². The Kier molecular flexibility index (Phi) is 6.80. The average Bonchev–Trinajstić information content (AvgIpc) is 2.43. The molecule has 0 aromatic rings. The summed E-state index contributed by atoms with van der Waals surface area (Å²) >= 11 is 0. The van der Waals surface area contributed by atoms with Crippen LogP contribution in [0, 0.1) is 0 Å². The molecule has 0 aromatic heterocycles. The summed E-state index contributed by atoms with van der Waals surface area (Å²) in [7, 11) is 0. The molecule has 0 radical (unpaired) electrons. The third kappa shape index (κ3) is 6.43. The Labute approximate surface area is 135 Å². The van der Waals surface area contributed by atoms with Gasteiger partial charge in [0.15, 0.2) is 0 Å². The van der Waals surface area contributed by atoms with Crippen molar-refractivity contribution in [3.05, 3.63) is 0 Å². The maximum absolute atomic E-state index is 11.9. The van der Waals surface area contributed by atoms with Crippen molar-refractivity contribution < 1.29 is 33.7 Å². The number of carbonyl (C=O) groups excluding carboxylic acids is 2. The van der Waals surface area contributed by atoms with Gasteiger partial charge in [-0.1, -0.05) is 0 Å². The number of hydrogen-bond donors (Lipinski definition) is 1. The number of ether oxygens (including phenoxy) is 3. The third-order valence-corrected chi connectivity index (χ3v) is 3.15. The van der Waals surface area contributed by atoms with Crippen LogP contribution in [0.2, 0.25) is 0 Å². The Balaban J connectivity index is 2.50. The highest BCUT2D eigenvalue weighted by molar-refractivity contribution is 5.97. The number of carboxylic acids is 1. The van der Waals surface area contributed by atoms with Crippen molar-refractivity contribution in [1.29, 1.82) is 0 Å². The topological polar surface area (TPSA) is 102 Å². The number of amides is 1. The van der Waals surface area contributed by atoms with E-state index in [4.69, 9.17) is 19.3 Å². The zero-order chi connectivity index (χ0) is 17.6. The normalized spacial score (nSPS) is 17.5. The minimum Gasteiger partial charge on any atom is -0.479 e. The molecule has 1 amide bonds. The molecule has 23 heavy (non-hydrogen) atoms. The van der Waals surface area contributed by atoms with Gasteiger partial charge in [-0.15, -0.1) is 0 Å². The lowest BCUT2D eigenvalue weighted by Crippen LogP contribution is -2.46. The molecule has 132 valence electrons. The maximum atomic E-state index is 11.9. The Hall–Kier alpha value is -1.83. The van der Waals surface area contributed by atoms with E-state index in [9.17, 15) is 14.4 Å². The molecule has 1 unspecified atom stereocenters. The summed E-state index contributed by atoms with van der Waals surface area (Å²) in [5.74, 6) is -2.28. The van der Waals surface area contributed by atoms with Gasteiger partial charge in [0.25, 0.3) is 6.10 Å². The van der Waals surface area contributed by atoms with E-state index >= 15 is 0 Å². The van der Waals surface area contributed by atoms with E-state index in [1.54, 1.807) is 32.6 Å². The largest absolute Gasteiger partial charge is 0.479 e. The Bertz CT molecular complexity index is 436. The predicted octanol–water partition coefficient (Wildman–Crippen LogP) is 1.42. The molecule has 1 aliphatic heterocycles. The zero-order valence-corrected chi connectivity index (χ0v) is 14.0. The van der Waals surface area contributed by atoms with Crippen LogP contribution in [0.5, 0.6) is 0 Å². The van der Waals surface area contributed by atoms with Crippen LogP contribution in [0.25, 0.3) is 0 Å². The quantitative estimate of drug-likeness (QED) is 0.600. The second-order valence-electron chi connectivity index (χ2n) is 6.27. The van der Waals surface area contributed by atoms with Gasteiger partial charge in [-0.05, 0) is 40.5 Å². The predicted molar refractivity (Wildman–Crippen MR) is 80.0 cm³/mol. The second-order valence-corrected chi connectivity index (χ2v) is 6.27. The molecule has 0 aromatic carbocycles. The van der Waals surface area contributed by atoms with Crippen molar-refractivity contribution in [3.8, 4) is 0 Å². The van der Waals surface area contributed by atoms with Gasteiger partial charge >= 0.3 is 18.0 Å². The highest BCUT2D eigenvalue weighted by atomic mass is 16.6. The van der Waals surface area contributed by atoms with Gasteiger partial charge in [0, 0.05) is 13.1 Å². The van der Waals surface area contributed by atoms with Crippen molar-refractivity contribution >= 4 is 18.0 Å². The monoisotopic (exact) mass is 331 g/mol. The summed E-state index contributed by atoms with van der Waals surface area (Å²) in [6, 6.07) is 0. The first-order valence-electron chi connectivity index (χ1n) is 7.67. The Morgan fingerprint density at radius 2 is 1.78 bits per heavy atom. The molecular weight excluding hydrogens is 306 g/mol.